The van der Waals surface area contributed by atoms with E-state index in [2.05, 4.69) is 27.7 Å². The molecule has 1 rings (SSSR count). The van der Waals surface area contributed by atoms with Crippen LogP contribution >= 0.6 is 0 Å². The lowest BCUT2D eigenvalue weighted by atomic mass is 9.92. The summed E-state index contributed by atoms with van der Waals surface area (Å²) in [5, 5.41) is 0. The summed E-state index contributed by atoms with van der Waals surface area (Å²) in [4.78, 5) is 0.332. The van der Waals surface area contributed by atoms with Gasteiger partial charge >= 0.3 is 0 Å². The fraction of sp³-hybridized carbons (Fsp3) is 0.647. The van der Waals surface area contributed by atoms with Gasteiger partial charge in [0, 0.05) is 13.1 Å². The van der Waals surface area contributed by atoms with E-state index >= 15 is 0 Å². The summed E-state index contributed by atoms with van der Waals surface area (Å²) in [6.07, 6.45) is 2.69. The molecule has 0 saturated carbocycles. The third-order valence-electron chi connectivity index (χ3n) is 3.57. The number of hydrogen-bond donors (Lipinski definition) is 0. The van der Waals surface area contributed by atoms with Crippen LogP contribution in [0.3, 0.4) is 0 Å². The van der Waals surface area contributed by atoms with Gasteiger partial charge in [-0.3, -0.25) is 0 Å². The Morgan fingerprint density at radius 3 is 2.14 bits per heavy atom. The minimum atomic E-state index is -3.44. The van der Waals surface area contributed by atoms with Gasteiger partial charge < -0.3 is 4.74 Å². The van der Waals surface area contributed by atoms with Crippen molar-refractivity contribution >= 4 is 10.0 Å². The first-order valence-corrected chi connectivity index (χ1v) is 9.29. The summed E-state index contributed by atoms with van der Waals surface area (Å²) in [5.41, 5.74) is 0.111. The zero-order valence-corrected chi connectivity index (χ0v) is 15.2. The Labute approximate surface area is 135 Å². The maximum absolute atomic E-state index is 12.8. The summed E-state index contributed by atoms with van der Waals surface area (Å²) < 4.78 is 32.4. The molecule has 0 saturated heterocycles. The molecule has 0 unspecified atom stereocenters. The van der Waals surface area contributed by atoms with E-state index in [1.807, 2.05) is 0 Å². The first-order valence-electron chi connectivity index (χ1n) is 7.85. The standard InChI is InChI=1S/C17H29NO3S/c1-6-7-13-18(14-12-17(2,3)4)22(19,20)16-10-8-15(21-5)9-11-16/h8-11H,6-7,12-14H2,1-5H3. The van der Waals surface area contributed by atoms with Crippen molar-refractivity contribution in [2.24, 2.45) is 5.41 Å². The zero-order chi connectivity index (χ0) is 16.8. The largest absolute Gasteiger partial charge is 0.497 e. The summed E-state index contributed by atoms with van der Waals surface area (Å²) >= 11 is 0. The molecule has 22 heavy (non-hydrogen) atoms. The Hall–Kier alpha value is -1.07. The second-order valence-corrected chi connectivity index (χ2v) is 8.68. The summed E-state index contributed by atoms with van der Waals surface area (Å²) in [6.45, 7) is 9.59. The second-order valence-electron chi connectivity index (χ2n) is 6.74. The Kier molecular flexibility index (Phi) is 6.88. The molecule has 0 aliphatic rings. The molecule has 0 amide bonds. The Bertz CT molecular complexity index is 544. The monoisotopic (exact) mass is 327 g/mol. The van der Waals surface area contributed by atoms with Gasteiger partial charge in [-0.05, 0) is 42.5 Å². The van der Waals surface area contributed by atoms with Gasteiger partial charge in [0.05, 0.1) is 12.0 Å². The molecule has 0 heterocycles. The van der Waals surface area contributed by atoms with Crippen LogP contribution in [-0.4, -0.2) is 32.9 Å². The van der Waals surface area contributed by atoms with Crippen molar-refractivity contribution in [3.8, 4) is 5.75 Å². The molecule has 0 radical (unpaired) electrons. The van der Waals surface area contributed by atoms with Crippen LogP contribution in [0.4, 0.5) is 0 Å². The number of benzene rings is 1. The van der Waals surface area contributed by atoms with Crippen molar-refractivity contribution in [3.05, 3.63) is 24.3 Å². The molecule has 0 N–H and O–H groups in total. The molecular formula is C17H29NO3S. The smallest absolute Gasteiger partial charge is 0.243 e. The third-order valence-corrected chi connectivity index (χ3v) is 5.48. The van der Waals surface area contributed by atoms with Gasteiger partial charge in [0.2, 0.25) is 10.0 Å². The van der Waals surface area contributed by atoms with E-state index in [1.54, 1.807) is 35.7 Å². The topological polar surface area (TPSA) is 46.6 Å². The van der Waals surface area contributed by atoms with Crippen LogP contribution in [0, 0.1) is 5.41 Å². The number of hydrogen-bond acceptors (Lipinski definition) is 3. The maximum atomic E-state index is 12.8. The van der Waals surface area contributed by atoms with E-state index in [0.717, 1.165) is 19.3 Å². The Morgan fingerprint density at radius 1 is 1.09 bits per heavy atom. The lowest BCUT2D eigenvalue weighted by Crippen LogP contribution is -2.34. The first kappa shape index (κ1) is 19.0. The van der Waals surface area contributed by atoms with Crippen LogP contribution in [0.15, 0.2) is 29.2 Å². The van der Waals surface area contributed by atoms with Crippen LogP contribution in [0.2, 0.25) is 0 Å². The molecular weight excluding hydrogens is 298 g/mol. The fourth-order valence-corrected chi connectivity index (χ4v) is 3.52. The Morgan fingerprint density at radius 2 is 1.68 bits per heavy atom. The van der Waals surface area contributed by atoms with Gasteiger partial charge in [-0.1, -0.05) is 34.1 Å². The number of nitrogens with zero attached hydrogens (tertiary/aromatic N) is 1. The van der Waals surface area contributed by atoms with E-state index in [-0.39, 0.29) is 5.41 Å². The molecule has 1 aromatic carbocycles. The van der Waals surface area contributed by atoms with Gasteiger partial charge in [0.15, 0.2) is 0 Å². The molecule has 0 aromatic heterocycles. The summed E-state index contributed by atoms with van der Waals surface area (Å²) in [7, 11) is -1.87. The van der Waals surface area contributed by atoms with Crippen LogP contribution in [0.1, 0.15) is 47.0 Å². The van der Waals surface area contributed by atoms with Crippen LogP contribution in [0.25, 0.3) is 0 Å². The van der Waals surface area contributed by atoms with Crippen molar-refractivity contribution in [2.45, 2.75) is 51.9 Å². The molecule has 126 valence electrons. The van der Waals surface area contributed by atoms with Gasteiger partial charge in [0.25, 0.3) is 0 Å². The molecule has 0 spiro atoms. The molecule has 5 heteroatoms. The third kappa shape index (κ3) is 5.61. The summed E-state index contributed by atoms with van der Waals surface area (Å²) in [6, 6.07) is 6.61. The molecule has 0 aliphatic heterocycles. The van der Waals surface area contributed by atoms with Crippen LogP contribution in [-0.2, 0) is 10.0 Å². The van der Waals surface area contributed by atoms with Crippen molar-refractivity contribution in [1.29, 1.82) is 0 Å². The highest BCUT2D eigenvalue weighted by atomic mass is 32.2. The van der Waals surface area contributed by atoms with Crippen molar-refractivity contribution in [2.75, 3.05) is 20.2 Å². The fourth-order valence-electron chi connectivity index (χ4n) is 2.04. The Balaban J connectivity index is 2.97. The number of rotatable bonds is 8. The number of methoxy groups -OCH3 is 1. The number of unbranched alkanes of at least 4 members (excludes halogenated alkanes) is 1. The van der Waals surface area contributed by atoms with E-state index < -0.39 is 10.0 Å². The molecule has 1 aromatic rings. The average Bonchev–Trinajstić information content (AvgIpc) is 2.46. The maximum Gasteiger partial charge on any atom is 0.243 e. The molecule has 0 aliphatic carbocycles. The minimum absolute atomic E-state index is 0.111. The van der Waals surface area contributed by atoms with Crippen molar-refractivity contribution < 1.29 is 13.2 Å². The molecule has 0 fully saturated rings. The minimum Gasteiger partial charge on any atom is -0.497 e. The molecule has 0 atom stereocenters. The molecule has 0 bridgehead atoms. The van der Waals surface area contributed by atoms with Gasteiger partial charge in [-0.2, -0.15) is 4.31 Å². The van der Waals surface area contributed by atoms with Crippen molar-refractivity contribution in [3.63, 3.8) is 0 Å². The number of ether oxygens (including phenoxy) is 1. The highest BCUT2D eigenvalue weighted by Gasteiger charge is 2.25. The lowest BCUT2D eigenvalue weighted by molar-refractivity contribution is 0.308. The van der Waals surface area contributed by atoms with Gasteiger partial charge in [-0.15, -0.1) is 0 Å². The van der Waals surface area contributed by atoms with Gasteiger partial charge in [0.1, 0.15) is 5.75 Å². The SMILES string of the molecule is CCCCN(CCC(C)(C)C)S(=O)(=O)c1ccc(OC)cc1. The predicted molar refractivity (Wildman–Crippen MR) is 90.7 cm³/mol. The molecule has 4 nitrogen and oxygen atoms in total. The first-order chi connectivity index (χ1) is 10.2. The van der Waals surface area contributed by atoms with Crippen LogP contribution in [0.5, 0.6) is 5.75 Å². The normalized spacial score (nSPS) is 12.6. The van der Waals surface area contributed by atoms with Crippen LogP contribution < -0.4 is 4.74 Å². The predicted octanol–water partition coefficient (Wildman–Crippen LogP) is 3.92. The van der Waals surface area contributed by atoms with E-state index in [9.17, 15) is 8.42 Å². The van der Waals surface area contributed by atoms with E-state index in [4.69, 9.17) is 4.74 Å². The summed E-state index contributed by atoms with van der Waals surface area (Å²) in [5.74, 6) is 0.661. The average molecular weight is 327 g/mol. The van der Waals surface area contributed by atoms with E-state index in [1.165, 1.54) is 0 Å². The number of sulfonamides is 1. The van der Waals surface area contributed by atoms with Crippen molar-refractivity contribution in [1.82, 2.24) is 4.31 Å². The zero-order valence-electron chi connectivity index (χ0n) is 14.4. The highest BCUT2D eigenvalue weighted by Crippen LogP contribution is 2.24. The lowest BCUT2D eigenvalue weighted by Gasteiger charge is -2.26. The van der Waals surface area contributed by atoms with E-state index in [0.29, 0.717) is 23.7 Å². The highest BCUT2D eigenvalue weighted by molar-refractivity contribution is 7.89. The van der Waals surface area contributed by atoms with Gasteiger partial charge in [-0.25, -0.2) is 8.42 Å². The second kappa shape index (κ2) is 7.97. The quantitative estimate of drug-likeness (QED) is 0.727.